The molecule has 0 rings (SSSR count). The Balaban J connectivity index is 3.30. The summed E-state index contributed by atoms with van der Waals surface area (Å²) in [5.74, 6) is 0.789. The van der Waals surface area contributed by atoms with Crippen molar-refractivity contribution < 1.29 is 0 Å². The molecule has 0 aromatic carbocycles. The first-order valence-corrected chi connectivity index (χ1v) is 9.47. The van der Waals surface area contributed by atoms with Gasteiger partial charge in [0, 0.05) is 0 Å². The molecule has 0 aromatic heterocycles. The van der Waals surface area contributed by atoms with Gasteiger partial charge in [-0.2, -0.15) is 0 Å². The lowest BCUT2D eigenvalue weighted by atomic mass is 9.94. The van der Waals surface area contributed by atoms with Crippen molar-refractivity contribution in [1.82, 2.24) is 0 Å². The van der Waals surface area contributed by atoms with Crippen LogP contribution in [0.3, 0.4) is 0 Å². The number of allylic oxidation sites excluding steroid dienone is 1. The van der Waals surface area contributed by atoms with Gasteiger partial charge < -0.3 is 0 Å². The standard InChI is InChI=1S/C20H40/c1-4-7-9-11-12-13-15-17-19-20(6-3)18-16-14-10-8-5-2/h6,20H,3-5,7-19H2,1-2H3. The van der Waals surface area contributed by atoms with E-state index in [1.54, 1.807) is 0 Å². The maximum Gasteiger partial charge on any atom is -0.0236 e. The Morgan fingerprint density at radius 3 is 1.30 bits per heavy atom. The van der Waals surface area contributed by atoms with Crippen molar-refractivity contribution >= 4 is 0 Å². The predicted octanol–water partition coefficient (Wildman–Crippen LogP) is 7.68. The molecule has 0 nitrogen and oxygen atoms in total. The first-order chi connectivity index (χ1) is 9.85. The molecule has 0 aromatic rings. The lowest BCUT2D eigenvalue weighted by Gasteiger charge is -2.12. The first-order valence-electron chi connectivity index (χ1n) is 9.47. The molecule has 0 spiro atoms. The Bertz CT molecular complexity index is 182. The highest BCUT2D eigenvalue weighted by molar-refractivity contribution is 4.78. The van der Waals surface area contributed by atoms with Gasteiger partial charge >= 0.3 is 0 Å². The summed E-state index contributed by atoms with van der Waals surface area (Å²) in [6.45, 7) is 8.60. The lowest BCUT2D eigenvalue weighted by molar-refractivity contribution is 0.466. The van der Waals surface area contributed by atoms with Gasteiger partial charge in [0.25, 0.3) is 0 Å². The topological polar surface area (TPSA) is 0 Å². The summed E-state index contributed by atoms with van der Waals surface area (Å²) in [4.78, 5) is 0. The Kier molecular flexibility index (Phi) is 16.6. The van der Waals surface area contributed by atoms with Crippen LogP contribution in [0.4, 0.5) is 0 Å². The van der Waals surface area contributed by atoms with E-state index in [1.165, 1.54) is 96.3 Å². The highest BCUT2D eigenvalue weighted by Gasteiger charge is 2.03. The van der Waals surface area contributed by atoms with Crippen LogP contribution in [-0.2, 0) is 0 Å². The van der Waals surface area contributed by atoms with Crippen LogP contribution in [-0.4, -0.2) is 0 Å². The van der Waals surface area contributed by atoms with Crippen LogP contribution in [0.2, 0.25) is 0 Å². The minimum absolute atomic E-state index is 0.789. The lowest BCUT2D eigenvalue weighted by Crippen LogP contribution is -1.96. The number of hydrogen-bond donors (Lipinski definition) is 0. The van der Waals surface area contributed by atoms with Gasteiger partial charge in [-0.25, -0.2) is 0 Å². The zero-order chi connectivity index (χ0) is 14.9. The second-order valence-corrected chi connectivity index (χ2v) is 6.46. The molecule has 1 unspecified atom stereocenters. The monoisotopic (exact) mass is 280 g/mol. The van der Waals surface area contributed by atoms with Crippen molar-refractivity contribution in [2.45, 2.75) is 110 Å². The Hall–Kier alpha value is -0.260. The molecule has 0 radical (unpaired) electrons. The fraction of sp³-hybridized carbons (Fsp3) is 0.900. The maximum absolute atomic E-state index is 4.02. The van der Waals surface area contributed by atoms with E-state index in [1.807, 2.05) is 0 Å². The van der Waals surface area contributed by atoms with Gasteiger partial charge in [-0.15, -0.1) is 6.58 Å². The molecular weight excluding hydrogens is 240 g/mol. The first kappa shape index (κ1) is 19.7. The molecule has 0 amide bonds. The molecule has 0 heterocycles. The predicted molar refractivity (Wildman–Crippen MR) is 94.3 cm³/mol. The van der Waals surface area contributed by atoms with Crippen LogP contribution in [0.5, 0.6) is 0 Å². The molecule has 0 aliphatic carbocycles. The van der Waals surface area contributed by atoms with E-state index >= 15 is 0 Å². The maximum atomic E-state index is 4.02. The normalized spacial score (nSPS) is 12.5. The number of unbranched alkanes of at least 4 members (excludes halogenated alkanes) is 11. The van der Waals surface area contributed by atoms with Gasteiger partial charge in [-0.3, -0.25) is 0 Å². The molecular formula is C20H40. The Labute approximate surface area is 129 Å². The largest absolute Gasteiger partial charge is 0.103 e. The summed E-state index contributed by atoms with van der Waals surface area (Å²) in [6, 6.07) is 0. The van der Waals surface area contributed by atoms with Gasteiger partial charge in [0.1, 0.15) is 0 Å². The van der Waals surface area contributed by atoms with Crippen molar-refractivity contribution in [3.8, 4) is 0 Å². The van der Waals surface area contributed by atoms with E-state index in [0.717, 1.165) is 5.92 Å². The van der Waals surface area contributed by atoms with Gasteiger partial charge in [-0.1, -0.05) is 103 Å². The summed E-state index contributed by atoms with van der Waals surface area (Å²) in [6.07, 6.45) is 23.4. The van der Waals surface area contributed by atoms with E-state index in [4.69, 9.17) is 0 Å². The summed E-state index contributed by atoms with van der Waals surface area (Å²) in [7, 11) is 0. The molecule has 0 aliphatic rings. The molecule has 0 saturated carbocycles. The van der Waals surface area contributed by atoms with Crippen LogP contribution in [0.1, 0.15) is 110 Å². The highest BCUT2D eigenvalue weighted by atomic mass is 14.1. The quantitative estimate of drug-likeness (QED) is 0.201. The van der Waals surface area contributed by atoms with Crippen molar-refractivity contribution in [3.63, 3.8) is 0 Å². The van der Waals surface area contributed by atoms with Crippen LogP contribution in [0.15, 0.2) is 12.7 Å². The average molecular weight is 281 g/mol. The summed E-state index contributed by atoms with van der Waals surface area (Å²) in [5.41, 5.74) is 0. The van der Waals surface area contributed by atoms with Gasteiger partial charge in [-0.05, 0) is 18.8 Å². The summed E-state index contributed by atoms with van der Waals surface area (Å²) in [5, 5.41) is 0. The molecule has 0 N–H and O–H groups in total. The second-order valence-electron chi connectivity index (χ2n) is 6.46. The minimum Gasteiger partial charge on any atom is -0.103 e. The molecule has 0 bridgehead atoms. The third-order valence-electron chi connectivity index (χ3n) is 4.44. The number of hydrogen-bond acceptors (Lipinski definition) is 0. The van der Waals surface area contributed by atoms with Crippen molar-refractivity contribution in [2.24, 2.45) is 5.92 Å². The van der Waals surface area contributed by atoms with Gasteiger partial charge in [0.15, 0.2) is 0 Å². The van der Waals surface area contributed by atoms with Gasteiger partial charge in [0.2, 0.25) is 0 Å². The fourth-order valence-electron chi connectivity index (χ4n) is 2.93. The van der Waals surface area contributed by atoms with Crippen molar-refractivity contribution in [1.29, 1.82) is 0 Å². The molecule has 0 saturated heterocycles. The third-order valence-corrected chi connectivity index (χ3v) is 4.44. The SMILES string of the molecule is C=CC(CCCCCCC)CCCCCCCCCC. The number of rotatable bonds is 16. The van der Waals surface area contributed by atoms with Crippen LogP contribution < -0.4 is 0 Å². The van der Waals surface area contributed by atoms with Crippen molar-refractivity contribution in [2.75, 3.05) is 0 Å². The van der Waals surface area contributed by atoms with Crippen molar-refractivity contribution in [3.05, 3.63) is 12.7 Å². The zero-order valence-corrected chi connectivity index (χ0v) is 14.5. The summed E-state index contributed by atoms with van der Waals surface area (Å²) >= 11 is 0. The average Bonchev–Trinajstić information content (AvgIpc) is 2.47. The zero-order valence-electron chi connectivity index (χ0n) is 14.5. The molecule has 0 heteroatoms. The Morgan fingerprint density at radius 1 is 0.600 bits per heavy atom. The van der Waals surface area contributed by atoms with Crippen LogP contribution in [0, 0.1) is 5.92 Å². The third kappa shape index (κ3) is 14.2. The minimum atomic E-state index is 0.789. The Morgan fingerprint density at radius 2 is 0.950 bits per heavy atom. The summed E-state index contributed by atoms with van der Waals surface area (Å²) < 4.78 is 0. The molecule has 0 fully saturated rings. The van der Waals surface area contributed by atoms with E-state index < -0.39 is 0 Å². The van der Waals surface area contributed by atoms with E-state index in [9.17, 15) is 0 Å². The smallest absolute Gasteiger partial charge is 0.0236 e. The van der Waals surface area contributed by atoms with E-state index in [-0.39, 0.29) is 0 Å². The molecule has 1 atom stereocenters. The fourth-order valence-corrected chi connectivity index (χ4v) is 2.93. The van der Waals surface area contributed by atoms with E-state index in [2.05, 4.69) is 26.5 Å². The molecule has 20 heavy (non-hydrogen) atoms. The molecule has 0 aliphatic heterocycles. The van der Waals surface area contributed by atoms with Crippen LogP contribution >= 0.6 is 0 Å². The second kappa shape index (κ2) is 16.8. The van der Waals surface area contributed by atoms with Crippen LogP contribution in [0.25, 0.3) is 0 Å². The highest BCUT2D eigenvalue weighted by Crippen LogP contribution is 2.19. The van der Waals surface area contributed by atoms with E-state index in [0.29, 0.717) is 0 Å². The van der Waals surface area contributed by atoms with Gasteiger partial charge in [0.05, 0.1) is 0 Å². The molecule has 120 valence electrons.